The number of nitriles is 1. The summed E-state index contributed by atoms with van der Waals surface area (Å²) in [6.07, 6.45) is 3.78. The third kappa shape index (κ3) is 5.08. The number of ether oxygens (including phenoxy) is 2. The zero-order valence-electron chi connectivity index (χ0n) is 18.0. The van der Waals surface area contributed by atoms with Gasteiger partial charge in [-0.15, -0.1) is 4.95 Å². The van der Waals surface area contributed by atoms with Gasteiger partial charge in [0, 0.05) is 24.8 Å². The molecular weight excluding hydrogens is 402 g/mol. The average molecular weight is 430 g/mol. The number of rotatable bonds is 4. The summed E-state index contributed by atoms with van der Waals surface area (Å²) in [6.45, 7) is 10.6. The van der Waals surface area contributed by atoms with E-state index in [4.69, 9.17) is 16.0 Å². The van der Waals surface area contributed by atoms with Crippen LogP contribution in [0.5, 0.6) is 5.75 Å². The van der Waals surface area contributed by atoms with Crippen LogP contribution in [-0.4, -0.2) is 43.3 Å². The molecule has 1 aliphatic heterocycles. The van der Waals surface area contributed by atoms with Crippen molar-refractivity contribution in [2.75, 3.05) is 31.6 Å². The molecule has 164 valence electrons. The molecule has 2 aliphatic rings. The monoisotopic (exact) mass is 429 g/mol. The summed E-state index contributed by atoms with van der Waals surface area (Å²) in [6, 6.07) is 20.3. The third-order valence-corrected chi connectivity index (χ3v) is 6.37. The number of benzene rings is 2. The Morgan fingerprint density at radius 3 is 2.44 bits per heavy atom. The van der Waals surface area contributed by atoms with E-state index in [1.807, 2.05) is 42.5 Å². The van der Waals surface area contributed by atoms with Crippen molar-refractivity contribution in [1.29, 1.82) is 5.26 Å². The maximum atomic E-state index is 10.1. The number of amidine groups is 1. The van der Waals surface area contributed by atoms with Crippen molar-refractivity contribution >= 4 is 11.7 Å². The van der Waals surface area contributed by atoms with E-state index in [1.165, 1.54) is 0 Å². The number of anilines is 1. The maximum absolute atomic E-state index is 10.1. The normalized spacial score (nSPS) is 24.2. The summed E-state index contributed by atoms with van der Waals surface area (Å²) < 4.78 is 11.2. The van der Waals surface area contributed by atoms with Gasteiger partial charge in [-0.25, -0.2) is 0 Å². The SMILES string of the molecule is [C-]#[N+]N=C(Nc1ccc(C2(C#N)CCC(N3CCOCC3)CC2)cc1)Oc1ccccc1. The second-order valence-corrected chi connectivity index (χ2v) is 8.20. The standard InChI is InChI=1S/C25H27N5O2/c1-27-29-24(32-23-5-3-2-4-6-23)28-21-9-7-20(8-10-21)25(19-26)13-11-22(12-14-25)30-15-17-31-18-16-30/h2-10,22H,11-18H2,(H,28,29). The Kier molecular flexibility index (Phi) is 7.01. The van der Waals surface area contributed by atoms with Gasteiger partial charge in [0.1, 0.15) is 10.9 Å². The van der Waals surface area contributed by atoms with Crippen LogP contribution in [-0.2, 0) is 10.2 Å². The lowest BCUT2D eigenvalue weighted by Crippen LogP contribution is -2.47. The van der Waals surface area contributed by atoms with Crippen LogP contribution in [0.2, 0.25) is 0 Å². The molecule has 0 spiro atoms. The molecule has 0 amide bonds. The van der Waals surface area contributed by atoms with E-state index in [0.29, 0.717) is 11.8 Å². The summed E-state index contributed by atoms with van der Waals surface area (Å²) in [7, 11) is 0. The minimum atomic E-state index is -0.449. The zero-order valence-corrected chi connectivity index (χ0v) is 18.0. The first-order valence-corrected chi connectivity index (χ1v) is 11.0. The largest absolute Gasteiger partial charge is 0.421 e. The summed E-state index contributed by atoms with van der Waals surface area (Å²) in [4.78, 5) is 5.60. The lowest BCUT2D eigenvalue weighted by molar-refractivity contribution is 0.00507. The third-order valence-electron chi connectivity index (χ3n) is 6.37. The molecule has 7 nitrogen and oxygen atoms in total. The van der Waals surface area contributed by atoms with Gasteiger partial charge in [-0.05, 0) is 55.5 Å². The van der Waals surface area contributed by atoms with Gasteiger partial charge >= 0.3 is 6.02 Å². The quantitative estimate of drug-likeness (QED) is 0.337. The molecule has 1 heterocycles. The number of hydrogen-bond acceptors (Lipinski definition) is 5. The lowest BCUT2D eigenvalue weighted by Gasteiger charge is -2.41. The molecule has 32 heavy (non-hydrogen) atoms. The maximum Gasteiger partial charge on any atom is 0.378 e. The summed E-state index contributed by atoms with van der Waals surface area (Å²) in [5.41, 5.74) is 1.34. The Bertz CT molecular complexity index is 993. The van der Waals surface area contributed by atoms with Gasteiger partial charge in [0.2, 0.25) is 0 Å². The van der Waals surface area contributed by atoms with Crippen molar-refractivity contribution in [3.63, 3.8) is 0 Å². The zero-order chi connectivity index (χ0) is 22.2. The van der Waals surface area contributed by atoms with Gasteiger partial charge in [0.25, 0.3) is 0 Å². The molecule has 0 unspecified atom stereocenters. The van der Waals surface area contributed by atoms with E-state index >= 15 is 0 Å². The number of hydrogen-bond donors (Lipinski definition) is 1. The van der Waals surface area contributed by atoms with Crippen LogP contribution >= 0.6 is 0 Å². The molecular formula is C25H27N5O2. The summed E-state index contributed by atoms with van der Waals surface area (Å²) in [5.74, 6) is 0.597. The van der Waals surface area contributed by atoms with E-state index in [-0.39, 0.29) is 6.02 Å². The topological polar surface area (TPSA) is 74.2 Å². The van der Waals surface area contributed by atoms with Gasteiger partial charge in [-0.1, -0.05) is 30.3 Å². The number of nitrogens with one attached hydrogen (secondary N) is 1. The van der Waals surface area contributed by atoms with E-state index in [2.05, 4.69) is 26.3 Å². The van der Waals surface area contributed by atoms with Crippen LogP contribution in [0.4, 0.5) is 5.69 Å². The van der Waals surface area contributed by atoms with Crippen LogP contribution in [0, 0.1) is 17.9 Å². The molecule has 0 bridgehead atoms. The van der Waals surface area contributed by atoms with E-state index in [9.17, 15) is 5.26 Å². The Labute approximate surface area is 189 Å². The Balaban J connectivity index is 1.41. The Hall–Kier alpha value is -3.39. The van der Waals surface area contributed by atoms with Crippen molar-refractivity contribution in [1.82, 2.24) is 4.90 Å². The fraction of sp³-hybridized carbons (Fsp3) is 0.400. The van der Waals surface area contributed by atoms with Crippen molar-refractivity contribution < 1.29 is 9.47 Å². The number of nitrogens with zero attached hydrogens (tertiary/aromatic N) is 4. The van der Waals surface area contributed by atoms with Crippen LogP contribution in [0.15, 0.2) is 59.7 Å². The molecule has 0 radical (unpaired) electrons. The summed E-state index contributed by atoms with van der Waals surface area (Å²) in [5, 5.41) is 16.8. The minimum Gasteiger partial charge on any atom is -0.421 e. The first-order valence-electron chi connectivity index (χ1n) is 11.0. The van der Waals surface area contributed by atoms with Crippen molar-refractivity contribution in [3.8, 4) is 11.8 Å². The van der Waals surface area contributed by atoms with Crippen molar-refractivity contribution in [2.45, 2.75) is 37.1 Å². The van der Waals surface area contributed by atoms with Gasteiger partial charge < -0.3 is 14.8 Å². The van der Waals surface area contributed by atoms with Crippen LogP contribution in [0.25, 0.3) is 4.95 Å². The Morgan fingerprint density at radius 2 is 1.81 bits per heavy atom. The highest BCUT2D eigenvalue weighted by molar-refractivity contribution is 5.90. The van der Waals surface area contributed by atoms with Gasteiger partial charge in [-0.3, -0.25) is 4.90 Å². The molecule has 1 aliphatic carbocycles. The van der Waals surface area contributed by atoms with Crippen molar-refractivity contribution in [3.05, 3.63) is 71.7 Å². The fourth-order valence-corrected chi connectivity index (χ4v) is 4.58. The van der Waals surface area contributed by atoms with Crippen LogP contribution in [0.3, 0.4) is 0 Å². The molecule has 1 saturated carbocycles. The molecule has 7 heteroatoms. The first-order chi connectivity index (χ1) is 15.7. The van der Waals surface area contributed by atoms with Crippen molar-refractivity contribution in [2.24, 2.45) is 5.10 Å². The van der Waals surface area contributed by atoms with E-state index < -0.39 is 5.41 Å². The number of morpholine rings is 1. The molecule has 2 aromatic carbocycles. The second-order valence-electron chi connectivity index (χ2n) is 8.20. The van der Waals surface area contributed by atoms with Gasteiger partial charge in [0.15, 0.2) is 0 Å². The number of para-hydroxylation sites is 1. The fourth-order valence-electron chi connectivity index (χ4n) is 4.58. The Morgan fingerprint density at radius 1 is 1.12 bits per heavy atom. The highest BCUT2D eigenvalue weighted by Crippen LogP contribution is 2.40. The smallest absolute Gasteiger partial charge is 0.378 e. The average Bonchev–Trinajstić information content (AvgIpc) is 2.86. The predicted molar refractivity (Wildman–Crippen MR) is 123 cm³/mol. The minimum absolute atomic E-state index is 0.111. The molecule has 4 rings (SSSR count). The molecule has 2 aromatic rings. The van der Waals surface area contributed by atoms with Gasteiger partial charge in [-0.2, -0.15) is 11.8 Å². The van der Waals surface area contributed by atoms with E-state index in [1.54, 1.807) is 12.1 Å². The van der Waals surface area contributed by atoms with E-state index in [0.717, 1.165) is 63.2 Å². The highest BCUT2D eigenvalue weighted by Gasteiger charge is 2.38. The molecule has 1 N–H and O–H groups in total. The first kappa shape index (κ1) is 21.8. The highest BCUT2D eigenvalue weighted by atomic mass is 16.5. The molecule has 1 saturated heterocycles. The summed E-state index contributed by atoms with van der Waals surface area (Å²) >= 11 is 0. The molecule has 0 atom stereocenters. The predicted octanol–water partition coefficient (Wildman–Crippen LogP) is 4.40. The van der Waals surface area contributed by atoms with Crippen LogP contribution < -0.4 is 10.1 Å². The van der Waals surface area contributed by atoms with Gasteiger partial charge in [0.05, 0.1) is 24.7 Å². The molecule has 0 aromatic heterocycles. The second kappa shape index (κ2) is 10.3. The molecule has 2 fully saturated rings. The van der Waals surface area contributed by atoms with Crippen LogP contribution in [0.1, 0.15) is 31.2 Å². The lowest BCUT2D eigenvalue weighted by atomic mass is 9.69.